The number of hydrogen-bond donors (Lipinski definition) is 0. The van der Waals surface area contributed by atoms with Crippen molar-refractivity contribution in [3.8, 4) is 0 Å². The van der Waals surface area contributed by atoms with Crippen LogP contribution in [0.15, 0.2) is 12.2 Å². The fraction of sp³-hybridized carbons (Fsp3) is 0.625. The highest BCUT2D eigenvalue weighted by Gasteiger charge is 2.23. The Bertz CT molecular complexity index is 131. The Kier molecular flexibility index (Phi) is 1.70. The quantitative estimate of drug-likeness (QED) is 0.488. The summed E-state index contributed by atoms with van der Waals surface area (Å²) in [5.41, 5.74) is 0.835. The van der Waals surface area contributed by atoms with Crippen molar-refractivity contribution < 1.29 is 4.79 Å². The predicted octanol–water partition coefficient (Wildman–Crippen LogP) is 1.93. The Morgan fingerprint density at radius 1 is 1.67 bits per heavy atom. The molecule has 0 bridgehead atoms. The molecule has 0 aromatic rings. The van der Waals surface area contributed by atoms with Crippen LogP contribution < -0.4 is 0 Å². The third-order valence-corrected chi connectivity index (χ3v) is 1.98. The van der Waals surface area contributed by atoms with Crippen molar-refractivity contribution >= 4 is 5.78 Å². The first-order valence-corrected chi connectivity index (χ1v) is 3.45. The Labute approximate surface area is 55.8 Å². The molecule has 1 nitrogen and oxygen atoms in total. The zero-order valence-corrected chi connectivity index (χ0v) is 5.81. The van der Waals surface area contributed by atoms with Crippen molar-refractivity contribution in [3.63, 3.8) is 0 Å². The largest absolute Gasteiger partial charge is 0.295 e. The van der Waals surface area contributed by atoms with Crippen molar-refractivity contribution in [2.45, 2.75) is 26.2 Å². The molecule has 0 radical (unpaired) electrons. The molecule has 1 atom stereocenters. The molecular weight excluding hydrogens is 112 g/mol. The van der Waals surface area contributed by atoms with Crippen molar-refractivity contribution in [1.82, 2.24) is 0 Å². The van der Waals surface area contributed by atoms with E-state index in [4.69, 9.17) is 0 Å². The topological polar surface area (TPSA) is 17.1 Å². The maximum atomic E-state index is 10.8. The van der Waals surface area contributed by atoms with Gasteiger partial charge in [0.05, 0.1) is 0 Å². The molecule has 1 fully saturated rings. The minimum Gasteiger partial charge on any atom is -0.295 e. The van der Waals surface area contributed by atoms with Crippen LogP contribution >= 0.6 is 0 Å². The molecule has 9 heavy (non-hydrogen) atoms. The van der Waals surface area contributed by atoms with Gasteiger partial charge in [-0.25, -0.2) is 0 Å². The predicted molar refractivity (Wildman–Crippen MR) is 37.2 cm³/mol. The van der Waals surface area contributed by atoms with E-state index >= 15 is 0 Å². The van der Waals surface area contributed by atoms with E-state index in [2.05, 4.69) is 13.5 Å². The minimum absolute atomic E-state index is 0.279. The van der Waals surface area contributed by atoms with E-state index in [-0.39, 0.29) is 5.78 Å². The van der Waals surface area contributed by atoms with Crippen LogP contribution in [0.5, 0.6) is 0 Å². The molecule has 0 heterocycles. The Hall–Kier alpha value is -0.590. The zero-order chi connectivity index (χ0) is 6.85. The van der Waals surface area contributed by atoms with E-state index in [9.17, 15) is 4.79 Å². The summed E-state index contributed by atoms with van der Waals surface area (Å²) in [6.45, 7) is 5.81. The third kappa shape index (κ3) is 1.21. The zero-order valence-electron chi connectivity index (χ0n) is 5.81. The summed E-state index contributed by atoms with van der Waals surface area (Å²) in [6.07, 6.45) is 2.80. The molecule has 0 saturated heterocycles. The van der Waals surface area contributed by atoms with Gasteiger partial charge in [-0.05, 0) is 17.9 Å². The monoisotopic (exact) mass is 124 g/mol. The molecular formula is C8H12O. The molecule has 1 unspecified atom stereocenters. The lowest BCUT2D eigenvalue weighted by Crippen LogP contribution is -1.91. The molecule has 1 aliphatic rings. The third-order valence-electron chi connectivity index (χ3n) is 1.98. The lowest BCUT2D eigenvalue weighted by atomic mass is 10.1. The Balaban J connectivity index is 2.54. The van der Waals surface area contributed by atoms with Crippen LogP contribution in [-0.4, -0.2) is 5.78 Å². The molecule has 0 aliphatic heterocycles. The van der Waals surface area contributed by atoms with Crippen LogP contribution in [-0.2, 0) is 4.79 Å². The SMILES string of the molecule is C=C1CC(CC)CC1=O. The minimum atomic E-state index is 0.279. The van der Waals surface area contributed by atoms with Crippen LogP contribution in [0.3, 0.4) is 0 Å². The summed E-state index contributed by atoms with van der Waals surface area (Å²) in [5, 5.41) is 0. The number of rotatable bonds is 1. The average Bonchev–Trinajstić information content (AvgIpc) is 2.13. The Morgan fingerprint density at radius 3 is 2.56 bits per heavy atom. The standard InChI is InChI=1S/C8H12O/c1-3-7-4-6(2)8(9)5-7/h7H,2-5H2,1H3. The molecule has 1 aliphatic carbocycles. The number of Topliss-reactive ketones (excluding diaryl/α,β-unsaturated/α-hetero) is 1. The van der Waals surface area contributed by atoms with E-state index in [0.717, 1.165) is 24.8 Å². The summed E-state index contributed by atoms with van der Waals surface area (Å²) >= 11 is 0. The van der Waals surface area contributed by atoms with E-state index < -0.39 is 0 Å². The van der Waals surface area contributed by atoms with Crippen molar-refractivity contribution in [2.75, 3.05) is 0 Å². The molecule has 1 rings (SSSR count). The number of carbonyl (C=O) groups is 1. The van der Waals surface area contributed by atoms with Gasteiger partial charge in [0.2, 0.25) is 0 Å². The fourth-order valence-corrected chi connectivity index (χ4v) is 1.23. The first kappa shape index (κ1) is 6.53. The van der Waals surface area contributed by atoms with Crippen LogP contribution in [0, 0.1) is 5.92 Å². The van der Waals surface area contributed by atoms with Gasteiger partial charge in [0.15, 0.2) is 5.78 Å². The summed E-state index contributed by atoms with van der Waals surface area (Å²) in [5.74, 6) is 0.881. The van der Waals surface area contributed by atoms with Crippen molar-refractivity contribution in [1.29, 1.82) is 0 Å². The van der Waals surface area contributed by atoms with Crippen LogP contribution in [0.1, 0.15) is 26.2 Å². The fourth-order valence-electron chi connectivity index (χ4n) is 1.23. The second-order valence-corrected chi connectivity index (χ2v) is 2.71. The first-order valence-electron chi connectivity index (χ1n) is 3.45. The van der Waals surface area contributed by atoms with Gasteiger partial charge in [0.25, 0.3) is 0 Å². The number of carbonyl (C=O) groups excluding carboxylic acids is 1. The summed E-state index contributed by atoms with van der Waals surface area (Å²) < 4.78 is 0. The molecule has 0 aromatic heterocycles. The van der Waals surface area contributed by atoms with Crippen LogP contribution in [0.25, 0.3) is 0 Å². The summed E-state index contributed by atoms with van der Waals surface area (Å²) in [6, 6.07) is 0. The summed E-state index contributed by atoms with van der Waals surface area (Å²) in [7, 11) is 0. The smallest absolute Gasteiger partial charge is 0.158 e. The normalized spacial score (nSPS) is 27.4. The second-order valence-electron chi connectivity index (χ2n) is 2.71. The molecule has 0 N–H and O–H groups in total. The summed E-state index contributed by atoms with van der Waals surface area (Å²) in [4.78, 5) is 10.8. The maximum absolute atomic E-state index is 10.8. The van der Waals surface area contributed by atoms with Gasteiger partial charge in [-0.3, -0.25) is 4.79 Å². The van der Waals surface area contributed by atoms with Gasteiger partial charge in [-0.15, -0.1) is 0 Å². The van der Waals surface area contributed by atoms with E-state index in [0.29, 0.717) is 5.92 Å². The van der Waals surface area contributed by atoms with Gasteiger partial charge < -0.3 is 0 Å². The highest BCUT2D eigenvalue weighted by atomic mass is 16.1. The first-order chi connectivity index (χ1) is 4.24. The van der Waals surface area contributed by atoms with Gasteiger partial charge in [-0.2, -0.15) is 0 Å². The number of hydrogen-bond acceptors (Lipinski definition) is 1. The van der Waals surface area contributed by atoms with Crippen LogP contribution in [0.4, 0.5) is 0 Å². The number of ketones is 1. The van der Waals surface area contributed by atoms with Crippen LogP contribution in [0.2, 0.25) is 0 Å². The van der Waals surface area contributed by atoms with E-state index in [1.807, 2.05) is 0 Å². The highest BCUT2D eigenvalue weighted by Crippen LogP contribution is 2.27. The van der Waals surface area contributed by atoms with E-state index in [1.165, 1.54) is 0 Å². The Morgan fingerprint density at radius 2 is 2.33 bits per heavy atom. The number of allylic oxidation sites excluding steroid dienone is 1. The van der Waals surface area contributed by atoms with Gasteiger partial charge in [0, 0.05) is 6.42 Å². The second kappa shape index (κ2) is 2.34. The average molecular weight is 124 g/mol. The van der Waals surface area contributed by atoms with Gasteiger partial charge >= 0.3 is 0 Å². The van der Waals surface area contributed by atoms with Crippen molar-refractivity contribution in [2.24, 2.45) is 5.92 Å². The molecule has 1 heteroatoms. The molecule has 50 valence electrons. The maximum Gasteiger partial charge on any atom is 0.158 e. The molecule has 0 amide bonds. The van der Waals surface area contributed by atoms with E-state index in [1.54, 1.807) is 0 Å². The lowest BCUT2D eigenvalue weighted by Gasteiger charge is -1.98. The molecule has 0 spiro atoms. The highest BCUT2D eigenvalue weighted by molar-refractivity contribution is 5.97. The van der Waals surface area contributed by atoms with Gasteiger partial charge in [0.1, 0.15) is 0 Å². The molecule has 1 saturated carbocycles. The van der Waals surface area contributed by atoms with Gasteiger partial charge in [-0.1, -0.05) is 19.9 Å². The lowest BCUT2D eigenvalue weighted by molar-refractivity contribution is -0.114. The molecule has 0 aromatic carbocycles. The van der Waals surface area contributed by atoms with Crippen molar-refractivity contribution in [3.05, 3.63) is 12.2 Å².